The van der Waals surface area contributed by atoms with E-state index in [9.17, 15) is 13.0 Å². The minimum atomic E-state index is -4.47. The first-order valence-corrected chi connectivity index (χ1v) is 9.89. The predicted molar refractivity (Wildman–Crippen MR) is 93.8 cm³/mol. The fourth-order valence-corrected chi connectivity index (χ4v) is 3.80. The Morgan fingerprint density at radius 2 is 1.54 bits per heavy atom. The first kappa shape index (κ1) is 21.7. The topological polar surface area (TPSA) is 57.2 Å². The second-order valence-corrected chi connectivity index (χ2v) is 7.43. The molecular formula is C19H25NaO3S. The predicted octanol–water partition coefficient (Wildman–Crippen LogP) is 1.82. The summed E-state index contributed by atoms with van der Waals surface area (Å²) in [6, 6.07) is 9.17. The molecule has 126 valence electrons. The Morgan fingerprint density at radius 3 is 2.17 bits per heavy atom. The van der Waals surface area contributed by atoms with E-state index < -0.39 is 10.1 Å². The third-order valence-electron chi connectivity index (χ3n) is 4.30. The maximum atomic E-state index is 11.7. The third-order valence-corrected chi connectivity index (χ3v) is 5.18. The van der Waals surface area contributed by atoms with Gasteiger partial charge < -0.3 is 4.55 Å². The van der Waals surface area contributed by atoms with Gasteiger partial charge in [0.2, 0.25) is 0 Å². The molecule has 0 N–H and O–H groups in total. The van der Waals surface area contributed by atoms with Gasteiger partial charge in [0.15, 0.2) is 0 Å². The summed E-state index contributed by atoms with van der Waals surface area (Å²) in [4.78, 5) is -0.0696. The molecule has 0 spiro atoms. The summed E-state index contributed by atoms with van der Waals surface area (Å²) in [6.45, 7) is 4.27. The number of benzene rings is 2. The van der Waals surface area contributed by atoms with E-state index in [2.05, 4.69) is 13.8 Å². The van der Waals surface area contributed by atoms with Gasteiger partial charge in [-0.15, -0.1) is 0 Å². The molecule has 0 unspecified atom stereocenters. The molecule has 0 aromatic heterocycles. The van der Waals surface area contributed by atoms with Gasteiger partial charge in [0.1, 0.15) is 10.1 Å². The Bertz CT molecular complexity index is 770. The van der Waals surface area contributed by atoms with Gasteiger partial charge in [-0.05, 0) is 48.3 Å². The van der Waals surface area contributed by atoms with Crippen LogP contribution in [0.2, 0.25) is 0 Å². The van der Waals surface area contributed by atoms with Gasteiger partial charge in [-0.1, -0.05) is 57.4 Å². The van der Waals surface area contributed by atoms with Crippen LogP contribution >= 0.6 is 0 Å². The summed E-state index contributed by atoms with van der Waals surface area (Å²) in [5.74, 6) is 0. The van der Waals surface area contributed by atoms with Gasteiger partial charge >= 0.3 is 29.6 Å². The van der Waals surface area contributed by atoms with Crippen molar-refractivity contribution in [2.75, 3.05) is 0 Å². The zero-order valence-electron chi connectivity index (χ0n) is 15.0. The summed E-state index contributed by atoms with van der Waals surface area (Å²) >= 11 is 0. The fourth-order valence-electron chi connectivity index (χ4n) is 3.08. The molecule has 3 nitrogen and oxygen atoms in total. The smallest absolute Gasteiger partial charge is 0.744 e. The van der Waals surface area contributed by atoms with Crippen LogP contribution in [0.1, 0.15) is 57.1 Å². The van der Waals surface area contributed by atoms with Gasteiger partial charge in [-0.3, -0.25) is 0 Å². The molecule has 5 heteroatoms. The number of unbranched alkanes of at least 4 members (excludes halogenated alkanes) is 3. The Hall–Kier alpha value is -0.390. The monoisotopic (exact) mass is 356 g/mol. The summed E-state index contributed by atoms with van der Waals surface area (Å²) in [5.41, 5.74) is 2.11. The van der Waals surface area contributed by atoms with E-state index >= 15 is 0 Å². The number of aryl methyl sites for hydroxylation is 2. The van der Waals surface area contributed by atoms with E-state index in [0.29, 0.717) is 5.39 Å². The quantitative estimate of drug-likeness (QED) is 0.412. The minimum absolute atomic E-state index is 0. The average Bonchev–Trinajstić information content (AvgIpc) is 2.52. The van der Waals surface area contributed by atoms with Crippen LogP contribution in [-0.2, 0) is 23.0 Å². The molecule has 0 amide bonds. The van der Waals surface area contributed by atoms with E-state index in [1.807, 2.05) is 18.2 Å². The molecule has 0 atom stereocenters. The van der Waals surface area contributed by atoms with Crippen LogP contribution in [0, 0.1) is 0 Å². The van der Waals surface area contributed by atoms with Crippen molar-refractivity contribution >= 4 is 20.9 Å². The zero-order chi connectivity index (χ0) is 16.9. The number of rotatable bonds is 8. The molecule has 0 saturated carbocycles. The van der Waals surface area contributed by atoms with E-state index in [1.165, 1.54) is 6.07 Å². The molecule has 0 aliphatic carbocycles. The Labute approximate surface area is 167 Å². The molecular weight excluding hydrogens is 331 g/mol. The van der Waals surface area contributed by atoms with Crippen LogP contribution in [0.5, 0.6) is 0 Å². The van der Waals surface area contributed by atoms with Crippen molar-refractivity contribution in [3.05, 3.63) is 41.5 Å². The average molecular weight is 356 g/mol. The van der Waals surface area contributed by atoms with Crippen molar-refractivity contribution < 1.29 is 42.5 Å². The van der Waals surface area contributed by atoms with Gasteiger partial charge in [-0.2, -0.15) is 0 Å². The Balaban J connectivity index is 0.00000288. The van der Waals surface area contributed by atoms with Crippen LogP contribution in [0.3, 0.4) is 0 Å². The van der Waals surface area contributed by atoms with Gasteiger partial charge in [0, 0.05) is 5.39 Å². The molecule has 0 fully saturated rings. The minimum Gasteiger partial charge on any atom is -0.744 e. The number of hydrogen-bond donors (Lipinski definition) is 0. The van der Waals surface area contributed by atoms with Gasteiger partial charge in [0.05, 0.1) is 4.90 Å². The molecule has 0 saturated heterocycles. The van der Waals surface area contributed by atoms with Crippen LogP contribution in [0.15, 0.2) is 35.2 Å². The normalized spacial score (nSPS) is 11.5. The summed E-state index contributed by atoms with van der Waals surface area (Å²) in [7, 11) is -4.47. The van der Waals surface area contributed by atoms with E-state index in [4.69, 9.17) is 0 Å². The van der Waals surface area contributed by atoms with Crippen LogP contribution in [-0.4, -0.2) is 13.0 Å². The number of fused-ring (bicyclic) bond motifs is 1. The summed E-state index contributed by atoms with van der Waals surface area (Å²) in [6.07, 6.45) is 7.07. The van der Waals surface area contributed by atoms with Crippen molar-refractivity contribution in [1.29, 1.82) is 0 Å². The molecule has 2 rings (SSSR count). The standard InChI is InChI=1S/C19H26O3S.Na/c1-3-5-7-10-16-11-8-12-17-15(9-6-4-2)13-14-18(19(16)17)23(20,21)22;/h8,11-14H,3-7,9-10H2,1-2H3,(H,20,21,22);/q;+1/p-1. The molecule has 24 heavy (non-hydrogen) atoms. The maximum absolute atomic E-state index is 11.7. The van der Waals surface area contributed by atoms with Gasteiger partial charge in [-0.25, -0.2) is 8.42 Å². The van der Waals surface area contributed by atoms with Crippen LogP contribution < -0.4 is 29.6 Å². The first-order valence-electron chi connectivity index (χ1n) is 8.48. The van der Waals surface area contributed by atoms with Crippen LogP contribution in [0.4, 0.5) is 0 Å². The second-order valence-electron chi connectivity index (χ2n) is 6.08. The van der Waals surface area contributed by atoms with Crippen molar-refractivity contribution in [3.63, 3.8) is 0 Å². The largest absolute Gasteiger partial charge is 1.00 e. The summed E-state index contributed by atoms with van der Waals surface area (Å²) in [5, 5.41) is 1.57. The van der Waals surface area contributed by atoms with Crippen molar-refractivity contribution in [3.8, 4) is 0 Å². The van der Waals surface area contributed by atoms with E-state index in [1.54, 1.807) is 6.07 Å². The third kappa shape index (κ3) is 5.30. The van der Waals surface area contributed by atoms with Crippen molar-refractivity contribution in [2.24, 2.45) is 0 Å². The SMILES string of the molecule is CCCCCc1cccc2c(CCCC)ccc(S(=O)(=O)[O-])c12.[Na+]. The molecule has 2 aromatic rings. The molecule has 0 radical (unpaired) electrons. The Morgan fingerprint density at radius 1 is 0.875 bits per heavy atom. The first-order chi connectivity index (χ1) is 11.0. The summed E-state index contributed by atoms with van der Waals surface area (Å²) < 4.78 is 35.1. The molecule has 0 bridgehead atoms. The number of hydrogen-bond acceptors (Lipinski definition) is 3. The van der Waals surface area contributed by atoms with Crippen molar-refractivity contribution in [2.45, 2.75) is 63.7 Å². The van der Waals surface area contributed by atoms with Gasteiger partial charge in [0.25, 0.3) is 0 Å². The molecule has 0 aliphatic heterocycles. The van der Waals surface area contributed by atoms with E-state index in [-0.39, 0.29) is 34.5 Å². The van der Waals surface area contributed by atoms with Crippen LogP contribution in [0.25, 0.3) is 10.8 Å². The van der Waals surface area contributed by atoms with E-state index in [0.717, 1.165) is 61.5 Å². The maximum Gasteiger partial charge on any atom is 1.00 e. The second kappa shape index (κ2) is 9.93. The van der Waals surface area contributed by atoms with Crippen molar-refractivity contribution in [1.82, 2.24) is 0 Å². The molecule has 0 heterocycles. The Kier molecular flexibility index (Phi) is 8.96. The fraction of sp³-hybridized carbons (Fsp3) is 0.474. The molecule has 2 aromatic carbocycles. The molecule has 0 aliphatic rings. The zero-order valence-corrected chi connectivity index (χ0v) is 17.8.